The number of amides is 1. The number of nitrogens with one attached hydrogen (secondary N) is 1. The summed E-state index contributed by atoms with van der Waals surface area (Å²) in [6.45, 7) is 3.44. The Balaban J connectivity index is 1.65. The van der Waals surface area contributed by atoms with Gasteiger partial charge in [-0.05, 0) is 19.4 Å². The second-order valence-corrected chi connectivity index (χ2v) is 4.99. The smallest absolute Gasteiger partial charge is 0.226 e. The number of ether oxygens (including phenoxy) is 1. The van der Waals surface area contributed by atoms with Gasteiger partial charge in [-0.1, -0.05) is 5.16 Å². The van der Waals surface area contributed by atoms with Gasteiger partial charge in [-0.25, -0.2) is 0 Å². The Kier molecular flexibility index (Phi) is 4.01. The summed E-state index contributed by atoms with van der Waals surface area (Å²) < 4.78 is 12.4. The van der Waals surface area contributed by atoms with Gasteiger partial charge in [-0.3, -0.25) is 9.48 Å². The van der Waals surface area contributed by atoms with Gasteiger partial charge in [0.2, 0.25) is 5.91 Å². The number of nitrogens with zero attached hydrogens (tertiary/aromatic N) is 3. The molecule has 7 nitrogen and oxygen atoms in total. The highest BCUT2D eigenvalue weighted by atomic mass is 16.5. The van der Waals surface area contributed by atoms with Gasteiger partial charge in [0.25, 0.3) is 0 Å². The molecular formula is C14H18N4O3. The van der Waals surface area contributed by atoms with Crippen LogP contribution in [0.1, 0.15) is 30.8 Å². The first-order valence-corrected chi connectivity index (χ1v) is 7.10. The van der Waals surface area contributed by atoms with Crippen LogP contribution in [-0.4, -0.2) is 33.5 Å². The van der Waals surface area contributed by atoms with Crippen molar-refractivity contribution in [3.8, 4) is 0 Å². The fourth-order valence-corrected chi connectivity index (χ4v) is 2.63. The fraction of sp³-hybridized carbons (Fsp3) is 0.500. The van der Waals surface area contributed by atoms with Crippen LogP contribution in [0.4, 0.5) is 0 Å². The van der Waals surface area contributed by atoms with Crippen molar-refractivity contribution in [1.29, 1.82) is 0 Å². The van der Waals surface area contributed by atoms with Crippen LogP contribution in [0.15, 0.2) is 29.1 Å². The van der Waals surface area contributed by atoms with Gasteiger partial charge in [0.05, 0.1) is 23.9 Å². The average molecular weight is 290 g/mol. The minimum Gasteiger partial charge on any atom is -0.370 e. The van der Waals surface area contributed by atoms with E-state index in [1.807, 2.05) is 17.7 Å². The number of hydrogen-bond donors (Lipinski definition) is 1. The molecular weight excluding hydrogens is 272 g/mol. The molecule has 0 saturated carbocycles. The van der Waals surface area contributed by atoms with Crippen LogP contribution in [0, 0.1) is 0 Å². The largest absolute Gasteiger partial charge is 0.370 e. The molecule has 0 bridgehead atoms. The van der Waals surface area contributed by atoms with E-state index in [1.54, 1.807) is 12.3 Å². The highest BCUT2D eigenvalue weighted by Gasteiger charge is 2.33. The lowest BCUT2D eigenvalue weighted by atomic mass is 10.1. The van der Waals surface area contributed by atoms with E-state index >= 15 is 0 Å². The topological polar surface area (TPSA) is 82.2 Å². The van der Waals surface area contributed by atoms with E-state index in [-0.39, 0.29) is 24.5 Å². The molecule has 0 unspecified atom stereocenters. The molecule has 0 radical (unpaired) electrons. The predicted octanol–water partition coefficient (Wildman–Crippen LogP) is 1.08. The number of carbonyl (C=O) groups is 1. The van der Waals surface area contributed by atoms with Crippen LogP contribution in [0.3, 0.4) is 0 Å². The highest BCUT2D eigenvalue weighted by molar-refractivity contribution is 5.78. The molecule has 3 heterocycles. The molecule has 2 atom stereocenters. The highest BCUT2D eigenvalue weighted by Crippen LogP contribution is 2.29. The summed E-state index contributed by atoms with van der Waals surface area (Å²) in [5, 5.41) is 11.0. The van der Waals surface area contributed by atoms with Crippen molar-refractivity contribution >= 4 is 5.91 Å². The molecule has 0 aromatic carbocycles. The average Bonchev–Trinajstić information content (AvgIpc) is 3.18. The summed E-state index contributed by atoms with van der Waals surface area (Å²) in [6, 6.07) is 3.59. The Labute approximate surface area is 122 Å². The van der Waals surface area contributed by atoms with E-state index in [2.05, 4.69) is 15.6 Å². The van der Waals surface area contributed by atoms with Gasteiger partial charge in [-0.15, -0.1) is 0 Å². The van der Waals surface area contributed by atoms with Crippen LogP contribution in [0.5, 0.6) is 0 Å². The quantitative estimate of drug-likeness (QED) is 0.891. The standard InChI is InChI=1S/C14H18N4O3/c1-2-18-12(3-6-15-18)14-11(5-7-20-14)16-13(19)9-10-4-8-21-17-10/h3-4,6,8,11,14H,2,5,7,9H2,1H3,(H,16,19)/t11-,14-/m0/s1. The van der Waals surface area contributed by atoms with Crippen molar-refractivity contribution in [1.82, 2.24) is 20.3 Å². The lowest BCUT2D eigenvalue weighted by Crippen LogP contribution is -2.38. The summed E-state index contributed by atoms with van der Waals surface area (Å²) in [5.41, 5.74) is 1.63. The van der Waals surface area contributed by atoms with Crippen LogP contribution < -0.4 is 5.32 Å². The third-order valence-corrected chi connectivity index (χ3v) is 3.61. The Morgan fingerprint density at radius 1 is 1.52 bits per heavy atom. The molecule has 7 heteroatoms. The zero-order valence-electron chi connectivity index (χ0n) is 11.9. The van der Waals surface area contributed by atoms with Crippen molar-refractivity contribution in [2.24, 2.45) is 0 Å². The first-order valence-electron chi connectivity index (χ1n) is 7.10. The van der Waals surface area contributed by atoms with Crippen LogP contribution in [0.25, 0.3) is 0 Å². The minimum absolute atomic E-state index is 0.0357. The summed E-state index contributed by atoms with van der Waals surface area (Å²) in [6.07, 6.45) is 4.09. The molecule has 21 heavy (non-hydrogen) atoms. The molecule has 1 N–H and O–H groups in total. The molecule has 3 rings (SSSR count). The molecule has 2 aromatic rings. The van der Waals surface area contributed by atoms with Crippen molar-refractivity contribution in [3.63, 3.8) is 0 Å². The second-order valence-electron chi connectivity index (χ2n) is 4.99. The van der Waals surface area contributed by atoms with Crippen molar-refractivity contribution in [3.05, 3.63) is 36.0 Å². The van der Waals surface area contributed by atoms with Crippen LogP contribution in [0.2, 0.25) is 0 Å². The number of carbonyl (C=O) groups excluding carboxylic acids is 1. The summed E-state index contributed by atoms with van der Waals surface area (Å²) in [5.74, 6) is -0.0769. The van der Waals surface area contributed by atoms with Gasteiger partial charge in [-0.2, -0.15) is 5.10 Å². The molecule has 1 saturated heterocycles. The lowest BCUT2D eigenvalue weighted by Gasteiger charge is -2.20. The maximum absolute atomic E-state index is 12.1. The predicted molar refractivity (Wildman–Crippen MR) is 73.3 cm³/mol. The van der Waals surface area contributed by atoms with Crippen molar-refractivity contribution in [2.45, 2.75) is 38.5 Å². The second kappa shape index (κ2) is 6.09. The molecule has 0 spiro atoms. The molecule has 2 aromatic heterocycles. The summed E-state index contributed by atoms with van der Waals surface area (Å²) >= 11 is 0. The van der Waals surface area contributed by atoms with E-state index in [9.17, 15) is 4.79 Å². The summed E-state index contributed by atoms with van der Waals surface area (Å²) in [7, 11) is 0. The third kappa shape index (κ3) is 2.97. The van der Waals surface area contributed by atoms with Crippen molar-refractivity contribution < 1.29 is 14.1 Å². The zero-order chi connectivity index (χ0) is 14.7. The van der Waals surface area contributed by atoms with Gasteiger partial charge in [0, 0.05) is 25.4 Å². The Morgan fingerprint density at radius 2 is 2.43 bits per heavy atom. The number of rotatable bonds is 5. The molecule has 0 aliphatic carbocycles. The number of hydrogen-bond acceptors (Lipinski definition) is 5. The van der Waals surface area contributed by atoms with E-state index < -0.39 is 0 Å². The molecule has 1 fully saturated rings. The van der Waals surface area contributed by atoms with Gasteiger partial charge < -0.3 is 14.6 Å². The van der Waals surface area contributed by atoms with Gasteiger partial charge in [0.15, 0.2) is 0 Å². The zero-order valence-corrected chi connectivity index (χ0v) is 11.9. The third-order valence-electron chi connectivity index (χ3n) is 3.61. The lowest BCUT2D eigenvalue weighted by molar-refractivity contribution is -0.121. The first-order chi connectivity index (χ1) is 10.3. The maximum Gasteiger partial charge on any atom is 0.226 e. The molecule has 1 amide bonds. The van der Waals surface area contributed by atoms with Gasteiger partial charge >= 0.3 is 0 Å². The Hall–Kier alpha value is -2.15. The van der Waals surface area contributed by atoms with E-state index in [0.29, 0.717) is 12.3 Å². The minimum atomic E-state index is -0.145. The fourth-order valence-electron chi connectivity index (χ4n) is 2.63. The molecule has 1 aliphatic heterocycles. The number of aryl methyl sites for hydroxylation is 1. The summed E-state index contributed by atoms with van der Waals surface area (Å²) in [4.78, 5) is 12.1. The van der Waals surface area contributed by atoms with E-state index in [0.717, 1.165) is 18.7 Å². The monoisotopic (exact) mass is 290 g/mol. The Bertz CT molecular complexity index is 593. The van der Waals surface area contributed by atoms with Crippen LogP contribution >= 0.6 is 0 Å². The van der Waals surface area contributed by atoms with E-state index in [4.69, 9.17) is 9.26 Å². The van der Waals surface area contributed by atoms with Crippen LogP contribution in [-0.2, 0) is 22.5 Å². The van der Waals surface area contributed by atoms with Crippen molar-refractivity contribution in [2.75, 3.05) is 6.61 Å². The normalized spacial score (nSPS) is 21.6. The first kappa shape index (κ1) is 13.8. The SMILES string of the molecule is CCn1nccc1[C@H]1OCC[C@@H]1NC(=O)Cc1ccon1. The van der Waals surface area contributed by atoms with Gasteiger partial charge in [0.1, 0.15) is 12.4 Å². The maximum atomic E-state index is 12.1. The van der Waals surface area contributed by atoms with E-state index in [1.165, 1.54) is 6.26 Å². The molecule has 112 valence electrons. The molecule has 1 aliphatic rings. The number of aromatic nitrogens is 3. The Morgan fingerprint density at radius 3 is 3.19 bits per heavy atom.